The number of hydrogen-bond donors (Lipinski definition) is 0. The highest BCUT2D eigenvalue weighted by molar-refractivity contribution is 6.34. The van der Waals surface area contributed by atoms with Gasteiger partial charge in [0.05, 0.1) is 5.88 Å². The molecular weight excluding hydrogens is 207 g/mol. The molecule has 3 heteroatoms. The number of halogens is 2. The van der Waals surface area contributed by atoms with Gasteiger partial charge in [-0.15, -0.1) is 11.6 Å². The Kier molecular flexibility index (Phi) is 8.58. The quantitative estimate of drug-likeness (QED) is 0.363. The van der Waals surface area contributed by atoms with Crippen LogP contribution in [0.3, 0.4) is 0 Å². The molecule has 0 aliphatic carbocycles. The van der Waals surface area contributed by atoms with Crippen LogP contribution in [0.1, 0.15) is 39.0 Å². The van der Waals surface area contributed by atoms with Gasteiger partial charge in [-0.05, 0) is 18.9 Å². The molecule has 1 nitrogen and oxygen atoms in total. The number of alkyl halides is 1. The summed E-state index contributed by atoms with van der Waals surface area (Å²) in [5.41, 5.74) is 0. The summed E-state index contributed by atoms with van der Waals surface area (Å²) >= 11 is 11.1. The van der Waals surface area contributed by atoms with Crippen molar-refractivity contribution in [1.82, 2.24) is 0 Å². The molecule has 0 radical (unpaired) electrons. The highest BCUT2D eigenvalue weighted by Crippen LogP contribution is 2.13. The lowest BCUT2D eigenvalue weighted by Gasteiger charge is -1.98. The van der Waals surface area contributed by atoms with Crippen molar-refractivity contribution in [3.8, 4) is 0 Å². The van der Waals surface area contributed by atoms with E-state index in [1.807, 2.05) is 0 Å². The monoisotopic (exact) mass is 222 g/mol. The zero-order valence-electron chi connectivity index (χ0n) is 7.98. The second kappa shape index (κ2) is 8.58. The van der Waals surface area contributed by atoms with Crippen molar-refractivity contribution in [1.29, 1.82) is 0 Å². The van der Waals surface area contributed by atoms with E-state index in [0.29, 0.717) is 5.03 Å². The molecule has 0 aromatic carbocycles. The Morgan fingerprint density at radius 1 is 1.31 bits per heavy atom. The summed E-state index contributed by atoms with van der Waals surface area (Å²) in [6.45, 7) is 2.16. The molecule has 0 bridgehead atoms. The molecule has 76 valence electrons. The van der Waals surface area contributed by atoms with Crippen molar-refractivity contribution < 1.29 is 4.79 Å². The van der Waals surface area contributed by atoms with Gasteiger partial charge in [0, 0.05) is 5.03 Å². The van der Waals surface area contributed by atoms with Crippen LogP contribution in [0.25, 0.3) is 0 Å². The van der Waals surface area contributed by atoms with Crippen molar-refractivity contribution in [3.63, 3.8) is 0 Å². The molecule has 0 N–H and O–H groups in total. The summed E-state index contributed by atoms with van der Waals surface area (Å²) in [6.07, 6.45) is 6.90. The third-order valence-corrected chi connectivity index (χ3v) is 2.28. The van der Waals surface area contributed by atoms with E-state index in [4.69, 9.17) is 23.2 Å². The molecule has 0 aliphatic heterocycles. The molecule has 0 atom stereocenters. The molecule has 13 heavy (non-hydrogen) atoms. The molecule has 0 amide bonds. The summed E-state index contributed by atoms with van der Waals surface area (Å²) in [6, 6.07) is 0. The minimum Gasteiger partial charge on any atom is -0.293 e. The Labute approximate surface area is 90.1 Å². The zero-order chi connectivity index (χ0) is 10.1. The van der Waals surface area contributed by atoms with Gasteiger partial charge in [0.25, 0.3) is 0 Å². The maximum Gasteiger partial charge on any atom is 0.171 e. The molecule has 0 spiro atoms. The normalized spacial score (nSPS) is 11.8. The van der Waals surface area contributed by atoms with Crippen molar-refractivity contribution in [2.45, 2.75) is 39.0 Å². The fourth-order valence-corrected chi connectivity index (χ4v) is 1.34. The average Bonchev–Trinajstić information content (AvgIpc) is 2.12. The van der Waals surface area contributed by atoms with Crippen LogP contribution in [-0.4, -0.2) is 11.7 Å². The molecule has 0 fully saturated rings. The summed E-state index contributed by atoms with van der Waals surface area (Å²) in [5.74, 6) is -0.0901. The minimum atomic E-state index is -0.109. The van der Waals surface area contributed by atoms with Gasteiger partial charge in [0.2, 0.25) is 0 Å². The van der Waals surface area contributed by atoms with Gasteiger partial charge in [-0.3, -0.25) is 4.79 Å². The van der Waals surface area contributed by atoms with Crippen LogP contribution in [0, 0.1) is 0 Å². The average molecular weight is 223 g/mol. The van der Waals surface area contributed by atoms with E-state index >= 15 is 0 Å². The Hall–Kier alpha value is -0.0100. The minimum absolute atomic E-state index is 0.0190. The summed E-state index contributed by atoms with van der Waals surface area (Å²) in [5, 5.41) is 0.627. The smallest absolute Gasteiger partial charge is 0.171 e. The maximum atomic E-state index is 10.8. The van der Waals surface area contributed by atoms with Crippen LogP contribution in [-0.2, 0) is 4.79 Å². The molecule has 0 aromatic rings. The first-order valence-corrected chi connectivity index (χ1v) is 5.56. The van der Waals surface area contributed by atoms with Gasteiger partial charge in [-0.2, -0.15) is 0 Å². The summed E-state index contributed by atoms with van der Waals surface area (Å²) < 4.78 is 0. The first kappa shape index (κ1) is 13.0. The van der Waals surface area contributed by atoms with E-state index in [1.54, 1.807) is 0 Å². The van der Waals surface area contributed by atoms with Gasteiger partial charge < -0.3 is 0 Å². The summed E-state index contributed by atoms with van der Waals surface area (Å²) in [7, 11) is 0. The van der Waals surface area contributed by atoms with Gasteiger partial charge in [0.15, 0.2) is 5.78 Å². The molecular formula is C10H16Cl2O. The van der Waals surface area contributed by atoms with Gasteiger partial charge >= 0.3 is 0 Å². The standard InChI is InChI=1S/C10H16Cl2O/c1-2-3-4-5-6-9(12)7-10(13)8-11/h7H,2-6,8H2,1H3/b9-7-. The lowest BCUT2D eigenvalue weighted by molar-refractivity contribution is -0.112. The SMILES string of the molecule is CCCCCC/C(Cl)=C/C(=O)CCl. The second-order valence-corrected chi connectivity index (χ2v) is 3.75. The van der Waals surface area contributed by atoms with Gasteiger partial charge in [-0.1, -0.05) is 37.8 Å². The number of ketones is 1. The number of carbonyl (C=O) groups is 1. The molecule has 0 saturated carbocycles. The predicted molar refractivity (Wildman–Crippen MR) is 58.4 cm³/mol. The fourth-order valence-electron chi connectivity index (χ4n) is 1.01. The van der Waals surface area contributed by atoms with Crippen LogP contribution in [0.15, 0.2) is 11.1 Å². The maximum absolute atomic E-state index is 10.8. The number of rotatable bonds is 7. The van der Waals surface area contributed by atoms with Crippen LogP contribution in [0.4, 0.5) is 0 Å². The molecule has 0 unspecified atom stereocenters. The van der Waals surface area contributed by atoms with Crippen molar-refractivity contribution in [2.24, 2.45) is 0 Å². The van der Waals surface area contributed by atoms with Crippen LogP contribution in [0.5, 0.6) is 0 Å². The first-order valence-electron chi connectivity index (χ1n) is 4.65. The predicted octanol–water partition coefficient (Wildman–Crippen LogP) is 3.89. The van der Waals surface area contributed by atoms with E-state index < -0.39 is 0 Å². The Balaban J connectivity index is 3.55. The first-order chi connectivity index (χ1) is 6.20. The van der Waals surface area contributed by atoms with E-state index in [1.165, 1.54) is 25.3 Å². The Bertz CT molecular complexity index is 176. The fraction of sp³-hybridized carbons (Fsp3) is 0.700. The third-order valence-electron chi connectivity index (χ3n) is 1.72. The van der Waals surface area contributed by atoms with E-state index in [9.17, 15) is 4.79 Å². The second-order valence-electron chi connectivity index (χ2n) is 3.00. The van der Waals surface area contributed by atoms with E-state index in [2.05, 4.69) is 6.92 Å². The van der Waals surface area contributed by atoms with E-state index in [0.717, 1.165) is 12.8 Å². The van der Waals surface area contributed by atoms with Gasteiger partial charge in [0.1, 0.15) is 0 Å². The highest BCUT2D eigenvalue weighted by Gasteiger charge is 1.98. The lowest BCUT2D eigenvalue weighted by atomic mass is 10.1. The van der Waals surface area contributed by atoms with Crippen molar-refractivity contribution >= 4 is 29.0 Å². The largest absolute Gasteiger partial charge is 0.293 e. The number of unbranched alkanes of at least 4 members (excludes halogenated alkanes) is 3. The van der Waals surface area contributed by atoms with E-state index in [-0.39, 0.29) is 11.7 Å². The van der Waals surface area contributed by atoms with Crippen molar-refractivity contribution in [2.75, 3.05) is 5.88 Å². The topological polar surface area (TPSA) is 17.1 Å². The molecule has 0 heterocycles. The van der Waals surface area contributed by atoms with Crippen LogP contribution < -0.4 is 0 Å². The Morgan fingerprint density at radius 2 is 2.00 bits per heavy atom. The van der Waals surface area contributed by atoms with Crippen LogP contribution >= 0.6 is 23.2 Å². The third kappa shape index (κ3) is 8.32. The van der Waals surface area contributed by atoms with Crippen LogP contribution in [0.2, 0.25) is 0 Å². The van der Waals surface area contributed by atoms with Gasteiger partial charge in [-0.25, -0.2) is 0 Å². The number of carbonyl (C=O) groups excluding carboxylic acids is 1. The summed E-state index contributed by atoms with van der Waals surface area (Å²) in [4.78, 5) is 10.8. The lowest BCUT2D eigenvalue weighted by Crippen LogP contribution is -1.93. The Morgan fingerprint density at radius 3 is 2.54 bits per heavy atom. The number of allylic oxidation sites excluding steroid dienone is 2. The van der Waals surface area contributed by atoms with Crippen molar-refractivity contribution in [3.05, 3.63) is 11.1 Å². The molecule has 0 saturated heterocycles. The highest BCUT2D eigenvalue weighted by atomic mass is 35.5. The molecule has 0 aliphatic rings. The number of hydrogen-bond acceptors (Lipinski definition) is 1. The molecule has 0 rings (SSSR count). The zero-order valence-corrected chi connectivity index (χ0v) is 9.50. The molecule has 0 aromatic heterocycles.